The monoisotopic (exact) mass is 313 g/mol. The first-order valence-corrected chi connectivity index (χ1v) is 7.49. The van der Waals surface area contributed by atoms with Crippen molar-refractivity contribution >= 4 is 11.6 Å². The summed E-state index contributed by atoms with van der Waals surface area (Å²) in [5.74, 6) is -0.519. The molecule has 1 unspecified atom stereocenters. The summed E-state index contributed by atoms with van der Waals surface area (Å²) < 4.78 is 1.91. The standard InChI is InChI=1S/C16H19N5O2/c17-16(22)15-6-14(23-20-15)9-18-7-13-8-19-21(11-13)10-12-4-2-1-3-5-12/h1-5,8,11,14,18H,6-7,9-10H2,(H2,17,22). The van der Waals surface area contributed by atoms with Gasteiger partial charge in [0.1, 0.15) is 11.8 Å². The lowest BCUT2D eigenvalue weighted by molar-refractivity contribution is -0.112. The quantitative estimate of drug-likeness (QED) is 0.785. The second kappa shape index (κ2) is 7.06. The molecule has 0 aliphatic carbocycles. The Bertz CT molecular complexity index is 696. The van der Waals surface area contributed by atoms with Crippen molar-refractivity contribution in [1.29, 1.82) is 0 Å². The molecule has 1 aliphatic rings. The Morgan fingerprint density at radius 1 is 1.35 bits per heavy atom. The number of hydrogen-bond acceptors (Lipinski definition) is 5. The number of nitrogens with one attached hydrogen (secondary N) is 1. The number of nitrogens with zero attached hydrogens (tertiary/aromatic N) is 3. The van der Waals surface area contributed by atoms with Crippen LogP contribution >= 0.6 is 0 Å². The number of carbonyl (C=O) groups excluding carboxylic acids is 1. The van der Waals surface area contributed by atoms with E-state index in [0.717, 1.165) is 12.1 Å². The van der Waals surface area contributed by atoms with E-state index >= 15 is 0 Å². The lowest BCUT2D eigenvalue weighted by Gasteiger charge is -2.08. The van der Waals surface area contributed by atoms with Crippen LogP contribution in [0.2, 0.25) is 0 Å². The summed E-state index contributed by atoms with van der Waals surface area (Å²) in [7, 11) is 0. The maximum absolute atomic E-state index is 11.0. The van der Waals surface area contributed by atoms with E-state index in [4.69, 9.17) is 10.6 Å². The Kier molecular flexibility index (Phi) is 4.68. The number of aromatic nitrogens is 2. The molecule has 3 rings (SSSR count). The molecule has 120 valence electrons. The van der Waals surface area contributed by atoms with Gasteiger partial charge in [-0.2, -0.15) is 5.10 Å². The number of oxime groups is 1. The largest absolute Gasteiger partial charge is 0.390 e. The average molecular weight is 313 g/mol. The predicted octanol–water partition coefficient (Wildman–Crippen LogP) is 0.651. The lowest BCUT2D eigenvalue weighted by Crippen LogP contribution is -2.29. The van der Waals surface area contributed by atoms with E-state index in [1.54, 1.807) is 0 Å². The summed E-state index contributed by atoms with van der Waals surface area (Å²) in [6, 6.07) is 10.2. The number of hydrogen-bond donors (Lipinski definition) is 2. The molecule has 1 aromatic carbocycles. The fraction of sp³-hybridized carbons (Fsp3) is 0.312. The number of benzene rings is 1. The van der Waals surface area contributed by atoms with Crippen molar-refractivity contribution in [3.63, 3.8) is 0 Å². The molecule has 1 amide bonds. The van der Waals surface area contributed by atoms with Crippen molar-refractivity contribution in [1.82, 2.24) is 15.1 Å². The second-order valence-electron chi connectivity index (χ2n) is 5.50. The van der Waals surface area contributed by atoms with Crippen LogP contribution in [0.1, 0.15) is 17.5 Å². The van der Waals surface area contributed by atoms with Gasteiger partial charge in [-0.25, -0.2) is 0 Å². The van der Waals surface area contributed by atoms with E-state index in [9.17, 15) is 4.79 Å². The number of carbonyl (C=O) groups is 1. The number of primary amides is 1. The highest BCUT2D eigenvalue weighted by Crippen LogP contribution is 2.09. The molecule has 0 spiro atoms. The van der Waals surface area contributed by atoms with Gasteiger partial charge in [0.05, 0.1) is 12.7 Å². The van der Waals surface area contributed by atoms with Crippen molar-refractivity contribution < 1.29 is 9.63 Å². The van der Waals surface area contributed by atoms with Crippen LogP contribution in [-0.4, -0.2) is 34.0 Å². The van der Waals surface area contributed by atoms with Gasteiger partial charge < -0.3 is 15.9 Å². The van der Waals surface area contributed by atoms with Gasteiger partial charge in [-0.3, -0.25) is 9.48 Å². The SMILES string of the molecule is NC(=O)C1=NOC(CNCc2cnn(Cc3ccccc3)c2)C1. The molecular weight excluding hydrogens is 294 g/mol. The van der Waals surface area contributed by atoms with E-state index in [-0.39, 0.29) is 6.10 Å². The zero-order valence-corrected chi connectivity index (χ0v) is 12.7. The first kappa shape index (κ1) is 15.2. The highest BCUT2D eigenvalue weighted by Gasteiger charge is 2.23. The van der Waals surface area contributed by atoms with E-state index in [2.05, 4.69) is 27.7 Å². The number of rotatable bonds is 7. The summed E-state index contributed by atoms with van der Waals surface area (Å²) in [5, 5.41) is 11.3. The minimum Gasteiger partial charge on any atom is -0.390 e. The van der Waals surface area contributed by atoms with Crippen molar-refractivity contribution in [3.8, 4) is 0 Å². The fourth-order valence-corrected chi connectivity index (χ4v) is 2.42. The number of amides is 1. The van der Waals surface area contributed by atoms with Gasteiger partial charge in [0.25, 0.3) is 5.91 Å². The van der Waals surface area contributed by atoms with Gasteiger partial charge in [0.2, 0.25) is 0 Å². The summed E-state index contributed by atoms with van der Waals surface area (Å²) in [6.07, 6.45) is 4.17. The molecule has 3 N–H and O–H groups in total. The topological polar surface area (TPSA) is 94.5 Å². The first-order chi connectivity index (χ1) is 11.2. The molecule has 1 aliphatic heterocycles. The summed E-state index contributed by atoms with van der Waals surface area (Å²) in [5.41, 5.74) is 7.77. The molecule has 2 heterocycles. The summed E-state index contributed by atoms with van der Waals surface area (Å²) in [4.78, 5) is 16.1. The predicted molar refractivity (Wildman–Crippen MR) is 85.6 cm³/mol. The highest BCUT2D eigenvalue weighted by molar-refractivity contribution is 6.38. The van der Waals surface area contributed by atoms with Crippen molar-refractivity contribution in [3.05, 3.63) is 53.9 Å². The normalized spacial score (nSPS) is 16.9. The highest BCUT2D eigenvalue weighted by atomic mass is 16.6. The third-order valence-corrected chi connectivity index (χ3v) is 3.59. The van der Waals surface area contributed by atoms with Crippen LogP contribution < -0.4 is 11.1 Å². The molecule has 0 saturated heterocycles. The Labute approximate surface area is 134 Å². The minimum atomic E-state index is -0.519. The number of nitrogens with two attached hydrogens (primary N) is 1. The first-order valence-electron chi connectivity index (χ1n) is 7.49. The molecule has 23 heavy (non-hydrogen) atoms. The average Bonchev–Trinajstić information content (AvgIpc) is 3.18. The third-order valence-electron chi connectivity index (χ3n) is 3.59. The van der Waals surface area contributed by atoms with Crippen molar-refractivity contribution in [2.45, 2.75) is 25.6 Å². The van der Waals surface area contributed by atoms with Gasteiger partial charge in [-0.1, -0.05) is 35.5 Å². The molecule has 0 fully saturated rings. The maximum atomic E-state index is 11.0. The van der Waals surface area contributed by atoms with Crippen LogP contribution in [0.5, 0.6) is 0 Å². The van der Waals surface area contributed by atoms with Crippen molar-refractivity contribution in [2.24, 2.45) is 10.9 Å². The molecule has 0 radical (unpaired) electrons. The summed E-state index contributed by atoms with van der Waals surface area (Å²) >= 11 is 0. The Balaban J connectivity index is 1.42. The smallest absolute Gasteiger partial charge is 0.266 e. The van der Waals surface area contributed by atoms with Gasteiger partial charge in [-0.15, -0.1) is 0 Å². The molecule has 1 aromatic heterocycles. The van der Waals surface area contributed by atoms with E-state index < -0.39 is 5.91 Å². The molecular formula is C16H19N5O2. The van der Waals surface area contributed by atoms with Crippen LogP contribution in [-0.2, 0) is 22.7 Å². The Morgan fingerprint density at radius 2 is 2.17 bits per heavy atom. The van der Waals surface area contributed by atoms with E-state index in [1.807, 2.05) is 35.3 Å². The van der Waals surface area contributed by atoms with Crippen molar-refractivity contribution in [2.75, 3.05) is 6.54 Å². The van der Waals surface area contributed by atoms with E-state index in [1.165, 1.54) is 5.56 Å². The molecule has 0 saturated carbocycles. The zero-order chi connectivity index (χ0) is 16.1. The minimum absolute atomic E-state index is 0.142. The molecule has 2 aromatic rings. The molecule has 7 heteroatoms. The zero-order valence-electron chi connectivity index (χ0n) is 12.7. The van der Waals surface area contributed by atoms with Crippen LogP contribution in [0.15, 0.2) is 47.9 Å². The Hall–Kier alpha value is -2.67. The van der Waals surface area contributed by atoms with Gasteiger partial charge in [0.15, 0.2) is 0 Å². The molecule has 1 atom stereocenters. The maximum Gasteiger partial charge on any atom is 0.266 e. The van der Waals surface area contributed by atoms with Gasteiger partial charge >= 0.3 is 0 Å². The fourth-order valence-electron chi connectivity index (χ4n) is 2.42. The van der Waals surface area contributed by atoms with Gasteiger partial charge in [0, 0.05) is 31.3 Å². The lowest BCUT2D eigenvalue weighted by atomic mass is 10.2. The second-order valence-corrected chi connectivity index (χ2v) is 5.50. The molecule has 0 bridgehead atoms. The third kappa shape index (κ3) is 4.17. The Morgan fingerprint density at radius 3 is 2.91 bits per heavy atom. The van der Waals surface area contributed by atoms with Crippen LogP contribution in [0.4, 0.5) is 0 Å². The van der Waals surface area contributed by atoms with Crippen LogP contribution in [0.25, 0.3) is 0 Å². The van der Waals surface area contributed by atoms with Crippen LogP contribution in [0, 0.1) is 0 Å². The summed E-state index contributed by atoms with van der Waals surface area (Å²) in [6.45, 7) is 2.03. The molecule has 7 nitrogen and oxygen atoms in total. The van der Waals surface area contributed by atoms with Crippen LogP contribution in [0.3, 0.4) is 0 Å². The van der Waals surface area contributed by atoms with Gasteiger partial charge in [-0.05, 0) is 5.56 Å². The van der Waals surface area contributed by atoms with E-state index in [0.29, 0.717) is 25.2 Å².